The first kappa shape index (κ1) is 8.84. The van der Waals surface area contributed by atoms with Crippen LogP contribution >= 0.6 is 0 Å². The van der Waals surface area contributed by atoms with Crippen molar-refractivity contribution in [2.24, 2.45) is 0 Å². The molecule has 12 heavy (non-hydrogen) atoms. The maximum atomic E-state index is 12.8. The third-order valence-electron chi connectivity index (χ3n) is 1.55. The topological polar surface area (TPSA) is 17.1 Å². The van der Waals surface area contributed by atoms with Crippen LogP contribution in [0.5, 0.6) is 0 Å². The van der Waals surface area contributed by atoms with E-state index in [1.165, 1.54) is 0 Å². The zero-order valence-electron chi connectivity index (χ0n) is 6.60. The average molecular weight is 170 g/mol. The van der Waals surface area contributed by atoms with Gasteiger partial charge in [0, 0.05) is 6.42 Å². The first-order chi connectivity index (χ1) is 5.65. The highest BCUT2D eigenvalue weighted by Crippen LogP contribution is 2.11. The van der Waals surface area contributed by atoms with Gasteiger partial charge < -0.3 is 0 Å². The molecule has 0 aliphatic carbocycles. The summed E-state index contributed by atoms with van der Waals surface area (Å²) < 4.78 is 25.3. The normalized spacial score (nSPS) is 9.92. The van der Waals surface area contributed by atoms with Gasteiger partial charge in [0.05, 0.1) is 5.56 Å². The van der Waals surface area contributed by atoms with Crippen molar-refractivity contribution >= 4 is 5.78 Å². The molecule has 0 aliphatic heterocycles. The standard InChI is InChI=1S/C9H8F2O/c1-2-9(12)7-5-6(10)3-4-8(7)11/h3-5H,2H2,1H3. The predicted octanol–water partition coefficient (Wildman–Crippen LogP) is 2.56. The molecule has 0 atom stereocenters. The smallest absolute Gasteiger partial charge is 0.165 e. The molecule has 0 spiro atoms. The van der Waals surface area contributed by atoms with Crippen LogP contribution in [0.2, 0.25) is 0 Å². The molecule has 0 saturated carbocycles. The molecule has 0 heterocycles. The number of Topliss-reactive ketones (excluding diaryl/α,β-unsaturated/α-hetero) is 1. The number of benzene rings is 1. The van der Waals surface area contributed by atoms with E-state index in [9.17, 15) is 13.6 Å². The highest BCUT2D eigenvalue weighted by Gasteiger charge is 2.09. The van der Waals surface area contributed by atoms with Crippen LogP contribution in [0.4, 0.5) is 8.78 Å². The zero-order valence-corrected chi connectivity index (χ0v) is 6.60. The van der Waals surface area contributed by atoms with E-state index >= 15 is 0 Å². The molecule has 1 aromatic carbocycles. The van der Waals surface area contributed by atoms with E-state index in [1.807, 2.05) is 0 Å². The molecule has 1 nitrogen and oxygen atoms in total. The molecule has 0 unspecified atom stereocenters. The van der Waals surface area contributed by atoms with Crippen LogP contribution in [-0.2, 0) is 0 Å². The number of hydrogen-bond donors (Lipinski definition) is 0. The summed E-state index contributed by atoms with van der Waals surface area (Å²) in [7, 11) is 0. The lowest BCUT2D eigenvalue weighted by Gasteiger charge is -1.98. The van der Waals surface area contributed by atoms with Gasteiger partial charge >= 0.3 is 0 Å². The van der Waals surface area contributed by atoms with Crippen LogP contribution in [0.1, 0.15) is 23.7 Å². The third-order valence-corrected chi connectivity index (χ3v) is 1.55. The highest BCUT2D eigenvalue weighted by molar-refractivity contribution is 5.96. The van der Waals surface area contributed by atoms with Gasteiger partial charge in [-0.05, 0) is 18.2 Å². The molecule has 0 aliphatic rings. The number of carbonyl (C=O) groups is 1. The Morgan fingerprint density at radius 2 is 2.08 bits per heavy atom. The first-order valence-electron chi connectivity index (χ1n) is 3.63. The SMILES string of the molecule is CCC(=O)c1cc(F)ccc1F. The minimum absolute atomic E-state index is 0.169. The fraction of sp³-hybridized carbons (Fsp3) is 0.222. The molecule has 1 aromatic rings. The van der Waals surface area contributed by atoms with Crippen molar-refractivity contribution in [3.63, 3.8) is 0 Å². The maximum Gasteiger partial charge on any atom is 0.165 e. The Morgan fingerprint density at radius 3 is 2.67 bits per heavy atom. The average Bonchev–Trinajstić information content (AvgIpc) is 2.08. The summed E-state index contributed by atoms with van der Waals surface area (Å²) in [5.74, 6) is -1.64. The van der Waals surface area contributed by atoms with Crippen LogP contribution < -0.4 is 0 Å². The van der Waals surface area contributed by atoms with Crippen LogP contribution in [0, 0.1) is 11.6 Å². The summed E-state index contributed by atoms with van der Waals surface area (Å²) in [4.78, 5) is 11.0. The summed E-state index contributed by atoms with van der Waals surface area (Å²) in [6.45, 7) is 1.60. The number of ketones is 1. The molecular formula is C9H8F2O. The molecule has 0 fully saturated rings. The summed E-state index contributed by atoms with van der Waals surface area (Å²) in [6.07, 6.45) is 0.181. The number of rotatable bonds is 2. The summed E-state index contributed by atoms with van der Waals surface area (Å²) in [5.41, 5.74) is -0.169. The molecule has 0 radical (unpaired) electrons. The van der Waals surface area contributed by atoms with E-state index in [0.717, 1.165) is 18.2 Å². The molecule has 3 heteroatoms. The summed E-state index contributed by atoms with van der Waals surface area (Å²) in [5, 5.41) is 0. The third kappa shape index (κ3) is 1.67. The van der Waals surface area contributed by atoms with E-state index in [2.05, 4.69) is 0 Å². The monoisotopic (exact) mass is 170 g/mol. The summed E-state index contributed by atoms with van der Waals surface area (Å²) in [6, 6.07) is 2.86. The second kappa shape index (κ2) is 3.43. The van der Waals surface area contributed by atoms with Crippen LogP contribution in [0.3, 0.4) is 0 Å². The molecule has 0 aromatic heterocycles. The van der Waals surface area contributed by atoms with E-state index in [4.69, 9.17) is 0 Å². The largest absolute Gasteiger partial charge is 0.294 e. The Balaban J connectivity index is 3.13. The van der Waals surface area contributed by atoms with Gasteiger partial charge in [0.15, 0.2) is 5.78 Å². The molecule has 0 N–H and O–H groups in total. The Morgan fingerprint density at radius 1 is 1.42 bits per heavy atom. The number of carbonyl (C=O) groups excluding carboxylic acids is 1. The predicted molar refractivity (Wildman–Crippen MR) is 41.0 cm³/mol. The van der Waals surface area contributed by atoms with E-state index in [1.54, 1.807) is 6.92 Å². The first-order valence-corrected chi connectivity index (χ1v) is 3.63. The van der Waals surface area contributed by atoms with Gasteiger partial charge in [0.1, 0.15) is 11.6 Å². The Labute approximate surface area is 69.0 Å². The maximum absolute atomic E-state index is 12.8. The van der Waals surface area contributed by atoms with Crippen molar-refractivity contribution in [3.8, 4) is 0 Å². The van der Waals surface area contributed by atoms with Gasteiger partial charge in [-0.3, -0.25) is 4.79 Å². The van der Waals surface area contributed by atoms with Gasteiger partial charge in [0.2, 0.25) is 0 Å². The van der Waals surface area contributed by atoms with Crippen molar-refractivity contribution in [1.82, 2.24) is 0 Å². The van der Waals surface area contributed by atoms with Crippen LogP contribution in [-0.4, -0.2) is 5.78 Å². The number of hydrogen-bond acceptors (Lipinski definition) is 1. The molecule has 0 bridgehead atoms. The molecule has 0 saturated heterocycles. The van der Waals surface area contributed by atoms with E-state index in [-0.39, 0.29) is 17.8 Å². The molecule has 64 valence electrons. The Bertz CT molecular complexity index is 307. The van der Waals surface area contributed by atoms with Crippen LogP contribution in [0.15, 0.2) is 18.2 Å². The zero-order chi connectivity index (χ0) is 9.14. The van der Waals surface area contributed by atoms with Crippen molar-refractivity contribution in [1.29, 1.82) is 0 Å². The lowest BCUT2D eigenvalue weighted by atomic mass is 10.1. The fourth-order valence-electron chi connectivity index (χ4n) is 0.902. The lowest BCUT2D eigenvalue weighted by Crippen LogP contribution is -2.00. The second-order valence-electron chi connectivity index (χ2n) is 2.40. The van der Waals surface area contributed by atoms with Crippen molar-refractivity contribution in [2.45, 2.75) is 13.3 Å². The molecule has 1 rings (SSSR count). The van der Waals surface area contributed by atoms with Gasteiger partial charge in [-0.2, -0.15) is 0 Å². The van der Waals surface area contributed by atoms with Gasteiger partial charge in [-0.25, -0.2) is 8.78 Å². The quantitative estimate of drug-likeness (QED) is 0.623. The Kier molecular flexibility index (Phi) is 2.53. The van der Waals surface area contributed by atoms with E-state index in [0.29, 0.717) is 0 Å². The van der Waals surface area contributed by atoms with E-state index < -0.39 is 11.6 Å². The molecule has 0 amide bonds. The summed E-state index contributed by atoms with van der Waals surface area (Å²) >= 11 is 0. The van der Waals surface area contributed by atoms with Gasteiger partial charge in [-0.15, -0.1) is 0 Å². The lowest BCUT2D eigenvalue weighted by molar-refractivity contribution is 0.0984. The highest BCUT2D eigenvalue weighted by atomic mass is 19.1. The van der Waals surface area contributed by atoms with Crippen molar-refractivity contribution in [2.75, 3.05) is 0 Å². The van der Waals surface area contributed by atoms with Crippen molar-refractivity contribution in [3.05, 3.63) is 35.4 Å². The van der Waals surface area contributed by atoms with Crippen molar-refractivity contribution < 1.29 is 13.6 Å². The molecular weight excluding hydrogens is 162 g/mol. The second-order valence-corrected chi connectivity index (χ2v) is 2.40. The minimum Gasteiger partial charge on any atom is -0.294 e. The minimum atomic E-state index is -0.664. The van der Waals surface area contributed by atoms with Crippen LogP contribution in [0.25, 0.3) is 0 Å². The Hall–Kier alpha value is -1.25. The number of halogens is 2. The van der Waals surface area contributed by atoms with Gasteiger partial charge in [-0.1, -0.05) is 6.92 Å². The fourth-order valence-corrected chi connectivity index (χ4v) is 0.902. The van der Waals surface area contributed by atoms with Gasteiger partial charge in [0.25, 0.3) is 0 Å².